The second-order valence-corrected chi connectivity index (χ2v) is 27.5. The second-order valence-electron chi connectivity index (χ2n) is 26.0. The molecule has 16 N–H and O–H groups in total. The Morgan fingerprint density at radius 3 is 1.45 bits per heavy atom. The topological polar surface area (TPSA) is 493 Å². The number of likely N-dealkylation sites (N-methyl/N-ethyl adjacent to an activating group) is 2. The summed E-state index contributed by atoms with van der Waals surface area (Å²) < 4.78 is 0. The van der Waals surface area contributed by atoms with Crippen molar-refractivity contribution < 1.29 is 92.3 Å². The summed E-state index contributed by atoms with van der Waals surface area (Å²) in [6.45, 7) is 8.38. The molecule has 2 saturated heterocycles. The monoisotopic (exact) mass is 1490 g/mol. The number of nitrogens with two attached hydrogens (primary N) is 1. The number of fused-ring (bicyclic) bond motifs is 1. The highest BCUT2D eigenvalue weighted by molar-refractivity contribution is 8.00. The first-order chi connectivity index (χ1) is 49.0. The zero-order chi connectivity index (χ0) is 77.4. The molecule has 0 saturated carbocycles. The van der Waals surface area contributed by atoms with E-state index in [0.717, 1.165) is 40.3 Å². The predicted molar refractivity (Wildman–Crippen MR) is 378 cm³/mol. The number of primary amides is 1. The molecule has 0 radical (unpaired) electrons. The molecule has 0 aliphatic carbocycles. The van der Waals surface area contributed by atoms with E-state index in [0.29, 0.717) is 21.7 Å². The number of carbonyl (C=O) groups is 15. The van der Waals surface area contributed by atoms with Gasteiger partial charge in [0.05, 0.1) is 24.4 Å². The van der Waals surface area contributed by atoms with Crippen molar-refractivity contribution in [1.82, 2.24) is 67.9 Å². The van der Waals surface area contributed by atoms with Crippen LogP contribution in [0.2, 0.25) is 5.02 Å². The van der Waals surface area contributed by atoms with Gasteiger partial charge in [0.15, 0.2) is 0 Å². The molecule has 2 fully saturated rings. The second kappa shape index (κ2) is 40.3. The first-order valence-corrected chi connectivity index (χ1v) is 35.3. The zero-order valence-corrected chi connectivity index (χ0v) is 60.8. The molecule has 568 valence electrons. The number of nitrogens with zero attached hydrogens (tertiary/aromatic N) is 3. The number of nitrogens with one attached hydrogen (secondary N) is 10. The van der Waals surface area contributed by atoms with E-state index in [1.807, 2.05) is 0 Å². The lowest BCUT2D eigenvalue weighted by atomic mass is 10.00. The van der Waals surface area contributed by atoms with E-state index >= 15 is 0 Å². The largest absolute Gasteiger partial charge is 0.481 e. The van der Waals surface area contributed by atoms with Crippen LogP contribution in [0.1, 0.15) is 90.8 Å². The predicted octanol–water partition coefficient (Wildman–Crippen LogP) is -3.57. The Kier molecular flexibility index (Phi) is 32.9. The van der Waals surface area contributed by atoms with Gasteiger partial charge in [0, 0.05) is 57.3 Å². The van der Waals surface area contributed by atoms with Crippen LogP contribution in [-0.2, 0) is 91.2 Å². The molecular weight excluding hydrogens is 1400 g/mol. The molecule has 5 rings (SSSR count). The van der Waals surface area contributed by atoms with Crippen molar-refractivity contribution in [2.75, 3.05) is 38.8 Å². The highest BCUT2D eigenvalue weighted by Gasteiger charge is 2.42. The Labute approximate surface area is 610 Å². The van der Waals surface area contributed by atoms with Crippen molar-refractivity contribution in [3.8, 4) is 0 Å². The fourth-order valence-electron chi connectivity index (χ4n) is 11.3. The molecule has 33 nitrogen and oxygen atoms in total. The van der Waals surface area contributed by atoms with Gasteiger partial charge in [0.1, 0.15) is 78.5 Å². The number of thioether (sulfide) groups is 1. The third-order valence-corrected chi connectivity index (χ3v) is 18.9. The molecule has 0 spiro atoms. The smallest absolute Gasteiger partial charge is 0.305 e. The van der Waals surface area contributed by atoms with E-state index in [1.165, 1.54) is 47.0 Å². The number of rotatable bonds is 14. The van der Waals surface area contributed by atoms with Gasteiger partial charge in [-0.15, -0.1) is 11.8 Å². The molecule has 0 bridgehead atoms. The molecule has 2 aliphatic heterocycles. The highest BCUT2D eigenvalue weighted by atomic mass is 35.5. The van der Waals surface area contributed by atoms with Gasteiger partial charge in [-0.25, -0.2) is 0 Å². The van der Waals surface area contributed by atoms with Crippen molar-refractivity contribution in [3.05, 3.63) is 107 Å². The van der Waals surface area contributed by atoms with Gasteiger partial charge in [-0.2, -0.15) is 0 Å². The van der Waals surface area contributed by atoms with E-state index in [-0.39, 0.29) is 44.4 Å². The van der Waals surface area contributed by atoms with Crippen molar-refractivity contribution in [3.63, 3.8) is 0 Å². The van der Waals surface area contributed by atoms with Gasteiger partial charge < -0.3 is 94.0 Å². The SMILES string of the molecule is CC(C)[C@@H]1NC(=O)[C@H](Cc2ccccc2)NC(=O)CSC[C@@H](C(N)=O)NC(=O)[C@@H]2CCCN2C(=O)[C@H](C)NC(=O)C(CC(=O)O)NC(=O)[C@H](C)N(C)C(=O)[C@H](Cc2ccc(Cl)cc2)NC(=O)[C@H](C)N(C)C(=O)[C@H](Cc2ccccc2)NC(=O)[C@H]([C@@H](C)O)NC(=O)[C@H]([C@@H](C)O)NC(=O)[C@H](CCO)NC1=O. The fourth-order valence-corrected chi connectivity index (χ4v) is 12.3. The summed E-state index contributed by atoms with van der Waals surface area (Å²) in [5.41, 5.74) is 7.22. The van der Waals surface area contributed by atoms with Crippen LogP contribution in [0.3, 0.4) is 0 Å². The van der Waals surface area contributed by atoms with Gasteiger partial charge in [-0.05, 0) is 88.6 Å². The Balaban J connectivity index is 1.53. The Morgan fingerprint density at radius 1 is 0.529 bits per heavy atom. The first-order valence-electron chi connectivity index (χ1n) is 33.8. The minimum Gasteiger partial charge on any atom is -0.481 e. The maximum Gasteiger partial charge on any atom is 0.305 e. The number of hydrogen-bond donors (Lipinski definition) is 15. The van der Waals surface area contributed by atoms with E-state index in [4.69, 9.17) is 17.3 Å². The number of aliphatic carboxylic acids is 1. The summed E-state index contributed by atoms with van der Waals surface area (Å²) in [5.74, 6) is -16.8. The third-order valence-electron chi connectivity index (χ3n) is 17.6. The number of carboxylic acid groups (broad SMARTS) is 1. The first kappa shape index (κ1) is 84.9. The van der Waals surface area contributed by atoms with Gasteiger partial charge in [0.25, 0.3) is 0 Å². The van der Waals surface area contributed by atoms with Crippen molar-refractivity contribution >= 4 is 112 Å². The van der Waals surface area contributed by atoms with Crippen LogP contribution in [0, 0.1) is 5.92 Å². The molecular formula is C69H95ClN14O19S. The standard InChI is InChI=1S/C69H95ClN14O19S/c1-35(2)54-64(98)74-45(26-28-85)60(94)80-56(40(7)87)66(100)81-55(39(6)86)65(99)77-49(30-42-19-14-11-15-20-42)69(103)83(9)38(5)59(93)76-48(31-43-22-24-44(70)25-23-43)68(102)82(8)37(4)58(92)75-47(32-53(89)90)61(95)72-36(3)67(101)84-27-16-21-51(84)63(97)78-50(57(71)91)33-104-34-52(88)73-46(62(96)79-54)29-41-17-12-10-13-18-41/h10-15,17-20,22-25,35-40,45-51,54-56,85-87H,16,21,26-34H2,1-9H3,(H2,71,91)(H,72,95)(H,73,88)(H,74,98)(H,75,92)(H,76,93)(H,77,99)(H,78,97)(H,79,96)(H,80,94)(H,81,100)(H,89,90)/t36-,37-,38-,39+,40+,45-,46-,47?,48-,49-,50-,51-,54-,55-,56-/m0/s1. The molecule has 104 heavy (non-hydrogen) atoms. The molecule has 14 amide bonds. The quantitative estimate of drug-likeness (QED) is 0.0742. The third kappa shape index (κ3) is 25.0. The average molecular weight is 1490 g/mol. The number of aliphatic hydroxyl groups is 3. The maximum absolute atomic E-state index is 14.8. The van der Waals surface area contributed by atoms with Crippen molar-refractivity contribution in [2.24, 2.45) is 11.7 Å². The van der Waals surface area contributed by atoms with Gasteiger partial charge >= 0.3 is 5.97 Å². The molecule has 2 heterocycles. The van der Waals surface area contributed by atoms with E-state index < -0.39 is 211 Å². The molecule has 15 atom stereocenters. The normalized spacial score (nSPS) is 26.8. The molecule has 1 unspecified atom stereocenters. The van der Waals surface area contributed by atoms with Crippen LogP contribution < -0.4 is 58.9 Å². The molecule has 35 heteroatoms. The number of amides is 14. The molecule has 2 aliphatic rings. The number of halogens is 1. The Morgan fingerprint density at radius 2 is 0.962 bits per heavy atom. The van der Waals surface area contributed by atoms with E-state index in [2.05, 4.69) is 53.2 Å². The number of aliphatic hydroxyl groups excluding tert-OH is 3. The summed E-state index contributed by atoms with van der Waals surface area (Å²) >= 11 is 7.01. The van der Waals surface area contributed by atoms with Gasteiger partial charge in [-0.1, -0.05) is 98.2 Å². The molecule has 3 aromatic rings. The minimum atomic E-state index is -1.94. The van der Waals surface area contributed by atoms with Crippen LogP contribution in [0.15, 0.2) is 84.9 Å². The lowest BCUT2D eigenvalue weighted by Gasteiger charge is -2.33. The van der Waals surface area contributed by atoms with Crippen LogP contribution in [0.5, 0.6) is 0 Å². The van der Waals surface area contributed by atoms with Crippen LogP contribution >= 0.6 is 23.4 Å². The minimum absolute atomic E-state index is 0.0113. The van der Waals surface area contributed by atoms with E-state index in [9.17, 15) is 92.3 Å². The number of hydrogen-bond acceptors (Lipinski definition) is 19. The van der Waals surface area contributed by atoms with Gasteiger partial charge in [0.2, 0.25) is 82.7 Å². The Bertz CT molecular complexity index is 3560. The molecule has 3 aromatic carbocycles. The number of carboxylic acids is 1. The zero-order valence-electron chi connectivity index (χ0n) is 59.2. The average Bonchev–Trinajstić information content (AvgIpc) is 1.37. The van der Waals surface area contributed by atoms with Crippen LogP contribution in [-0.4, -0.2) is 253 Å². The highest BCUT2D eigenvalue weighted by Crippen LogP contribution is 2.21. The summed E-state index contributed by atoms with van der Waals surface area (Å²) in [6.07, 6.45) is -5.30. The lowest BCUT2D eigenvalue weighted by Crippen LogP contribution is -2.63. The maximum atomic E-state index is 14.8. The summed E-state index contributed by atoms with van der Waals surface area (Å²) in [4.78, 5) is 213. The van der Waals surface area contributed by atoms with Crippen LogP contribution in [0.25, 0.3) is 0 Å². The number of carbonyl (C=O) groups excluding carboxylic acids is 14. The van der Waals surface area contributed by atoms with Crippen LogP contribution in [0.4, 0.5) is 0 Å². The summed E-state index contributed by atoms with van der Waals surface area (Å²) in [6, 6.07) is 2.32. The summed E-state index contributed by atoms with van der Waals surface area (Å²) in [5, 5.41) is 67.2. The van der Waals surface area contributed by atoms with Crippen molar-refractivity contribution in [2.45, 2.75) is 184 Å². The lowest BCUT2D eigenvalue weighted by molar-refractivity contribution is -0.145. The summed E-state index contributed by atoms with van der Waals surface area (Å²) in [7, 11) is 2.41. The Hall–Kier alpha value is -9.77. The van der Waals surface area contributed by atoms with E-state index in [1.54, 1.807) is 86.6 Å². The van der Waals surface area contributed by atoms with Crippen molar-refractivity contribution in [1.29, 1.82) is 0 Å². The van der Waals surface area contributed by atoms with Gasteiger partial charge in [-0.3, -0.25) is 71.9 Å². The molecule has 0 aromatic heterocycles. The number of benzene rings is 3. The fraction of sp³-hybridized carbons (Fsp3) is 0.522.